The molecule has 0 radical (unpaired) electrons. The van der Waals surface area contributed by atoms with Crippen LogP contribution in [0, 0.1) is 5.82 Å². The largest absolute Gasteiger partial charge is 0.352 e. The van der Waals surface area contributed by atoms with Crippen LogP contribution >= 0.6 is 24.0 Å². The molecule has 26 heavy (non-hydrogen) atoms. The van der Waals surface area contributed by atoms with Crippen LogP contribution in [0.4, 0.5) is 4.39 Å². The molecule has 2 aromatic carbocycles. The molecule has 3 rings (SSSR count). The van der Waals surface area contributed by atoms with Gasteiger partial charge in [-0.15, -0.1) is 24.0 Å². The Labute approximate surface area is 168 Å². The minimum atomic E-state index is -0.238. The molecular formula is C18H20FIN6. The first-order valence-corrected chi connectivity index (χ1v) is 7.88. The third kappa shape index (κ3) is 5.51. The Kier molecular flexibility index (Phi) is 7.52. The van der Waals surface area contributed by atoms with Gasteiger partial charge in [0.15, 0.2) is 11.8 Å². The first kappa shape index (κ1) is 19.8. The summed E-state index contributed by atoms with van der Waals surface area (Å²) in [7, 11) is 1.71. The normalized spacial score (nSPS) is 10.9. The molecule has 0 aliphatic heterocycles. The fraction of sp³-hybridized carbons (Fsp3) is 0.167. The molecule has 136 valence electrons. The van der Waals surface area contributed by atoms with E-state index in [0.717, 1.165) is 22.5 Å². The summed E-state index contributed by atoms with van der Waals surface area (Å²) in [6.45, 7) is 1.18. The minimum Gasteiger partial charge on any atom is -0.352 e. The van der Waals surface area contributed by atoms with Crippen LogP contribution in [-0.2, 0) is 13.1 Å². The number of nitrogens with one attached hydrogen (secondary N) is 3. The average molecular weight is 466 g/mol. The zero-order valence-electron chi connectivity index (χ0n) is 14.2. The fourth-order valence-electron chi connectivity index (χ4n) is 2.37. The van der Waals surface area contributed by atoms with Crippen molar-refractivity contribution in [2.45, 2.75) is 13.1 Å². The van der Waals surface area contributed by atoms with Crippen molar-refractivity contribution in [3.05, 3.63) is 71.8 Å². The van der Waals surface area contributed by atoms with Gasteiger partial charge >= 0.3 is 0 Å². The number of hydrogen-bond donors (Lipinski definition) is 3. The zero-order chi connectivity index (χ0) is 17.5. The summed E-state index contributed by atoms with van der Waals surface area (Å²) in [6, 6.07) is 14.4. The van der Waals surface area contributed by atoms with E-state index in [1.54, 1.807) is 19.2 Å². The summed E-state index contributed by atoms with van der Waals surface area (Å²) in [5.74, 6) is 1.17. The number of rotatable bonds is 5. The summed E-state index contributed by atoms with van der Waals surface area (Å²) >= 11 is 0. The third-order valence-corrected chi connectivity index (χ3v) is 3.67. The van der Waals surface area contributed by atoms with Gasteiger partial charge in [0.2, 0.25) is 0 Å². The van der Waals surface area contributed by atoms with Crippen LogP contribution in [0.2, 0.25) is 0 Å². The van der Waals surface area contributed by atoms with E-state index in [2.05, 4.69) is 30.8 Å². The molecule has 1 heterocycles. The van der Waals surface area contributed by atoms with Gasteiger partial charge in [0.1, 0.15) is 12.1 Å². The van der Waals surface area contributed by atoms with Crippen molar-refractivity contribution in [2.75, 3.05) is 7.05 Å². The molecule has 0 amide bonds. The van der Waals surface area contributed by atoms with Crippen molar-refractivity contribution < 1.29 is 4.39 Å². The number of hydrogen-bond acceptors (Lipinski definition) is 3. The van der Waals surface area contributed by atoms with E-state index >= 15 is 0 Å². The summed E-state index contributed by atoms with van der Waals surface area (Å²) in [4.78, 5) is 8.36. The van der Waals surface area contributed by atoms with Crippen molar-refractivity contribution in [1.82, 2.24) is 25.8 Å². The van der Waals surface area contributed by atoms with Crippen molar-refractivity contribution in [3.63, 3.8) is 0 Å². The molecule has 0 saturated carbocycles. The van der Waals surface area contributed by atoms with Crippen LogP contribution in [0.15, 0.2) is 59.9 Å². The minimum absolute atomic E-state index is 0. The Morgan fingerprint density at radius 1 is 1.08 bits per heavy atom. The summed E-state index contributed by atoms with van der Waals surface area (Å²) in [5, 5.41) is 13.2. The number of halogens is 2. The van der Waals surface area contributed by atoms with E-state index in [4.69, 9.17) is 0 Å². The topological polar surface area (TPSA) is 78.0 Å². The molecule has 3 N–H and O–H groups in total. The van der Waals surface area contributed by atoms with Gasteiger partial charge in [-0.25, -0.2) is 9.37 Å². The number of aromatic nitrogens is 3. The van der Waals surface area contributed by atoms with Crippen LogP contribution < -0.4 is 10.6 Å². The molecule has 0 saturated heterocycles. The van der Waals surface area contributed by atoms with Gasteiger partial charge in [0.05, 0.1) is 0 Å². The second-order valence-electron chi connectivity index (χ2n) is 5.44. The maximum Gasteiger partial charge on any atom is 0.191 e. The molecule has 0 atom stereocenters. The van der Waals surface area contributed by atoms with E-state index in [9.17, 15) is 4.39 Å². The van der Waals surface area contributed by atoms with Gasteiger partial charge in [0.25, 0.3) is 0 Å². The second-order valence-corrected chi connectivity index (χ2v) is 5.44. The standard InChI is InChI=1S/C18H19FN6.HI/c1-20-18(21-10-13-5-7-16(19)8-6-13)22-11-14-3-2-4-15(9-14)17-23-12-24-25-17;/h2-9,12H,10-11H2,1H3,(H2,20,21,22)(H,23,24,25);1H. The van der Waals surface area contributed by atoms with E-state index in [1.165, 1.54) is 18.5 Å². The van der Waals surface area contributed by atoms with Crippen LogP contribution in [0.3, 0.4) is 0 Å². The van der Waals surface area contributed by atoms with Gasteiger partial charge < -0.3 is 10.6 Å². The van der Waals surface area contributed by atoms with Crippen molar-refractivity contribution in [2.24, 2.45) is 4.99 Å². The van der Waals surface area contributed by atoms with Crippen LogP contribution in [0.5, 0.6) is 0 Å². The first-order chi connectivity index (χ1) is 12.2. The van der Waals surface area contributed by atoms with E-state index in [-0.39, 0.29) is 29.8 Å². The number of H-pyrrole nitrogens is 1. The van der Waals surface area contributed by atoms with E-state index in [0.29, 0.717) is 19.0 Å². The van der Waals surface area contributed by atoms with Gasteiger partial charge in [-0.05, 0) is 29.3 Å². The zero-order valence-corrected chi connectivity index (χ0v) is 16.6. The summed E-state index contributed by atoms with van der Waals surface area (Å²) < 4.78 is 12.9. The molecule has 0 spiro atoms. The summed E-state index contributed by atoms with van der Waals surface area (Å²) in [5.41, 5.74) is 3.06. The Morgan fingerprint density at radius 3 is 2.46 bits per heavy atom. The molecular weight excluding hydrogens is 446 g/mol. The van der Waals surface area contributed by atoms with Crippen LogP contribution in [-0.4, -0.2) is 28.2 Å². The van der Waals surface area contributed by atoms with Gasteiger partial charge in [0, 0.05) is 25.7 Å². The average Bonchev–Trinajstić information content (AvgIpc) is 3.18. The number of nitrogens with zero attached hydrogens (tertiary/aromatic N) is 3. The molecule has 0 fully saturated rings. The molecule has 0 aliphatic carbocycles. The lowest BCUT2D eigenvalue weighted by molar-refractivity contribution is 0.626. The quantitative estimate of drug-likeness (QED) is 0.307. The lowest BCUT2D eigenvalue weighted by Gasteiger charge is -2.12. The predicted octanol–water partition coefficient (Wildman–Crippen LogP) is 3.09. The van der Waals surface area contributed by atoms with E-state index < -0.39 is 0 Å². The maximum absolute atomic E-state index is 12.9. The van der Waals surface area contributed by atoms with E-state index in [1.807, 2.05) is 24.3 Å². The predicted molar refractivity (Wildman–Crippen MR) is 111 cm³/mol. The Bertz CT molecular complexity index is 833. The van der Waals surface area contributed by atoms with Gasteiger partial charge in [-0.2, -0.15) is 5.10 Å². The SMILES string of the molecule is CN=C(NCc1ccc(F)cc1)NCc1cccc(-c2ncn[nH]2)c1.I. The van der Waals surface area contributed by atoms with Crippen LogP contribution in [0.25, 0.3) is 11.4 Å². The molecule has 6 nitrogen and oxygen atoms in total. The number of benzene rings is 2. The smallest absolute Gasteiger partial charge is 0.191 e. The highest BCUT2D eigenvalue weighted by molar-refractivity contribution is 14.0. The molecule has 0 unspecified atom stereocenters. The highest BCUT2D eigenvalue weighted by Crippen LogP contribution is 2.15. The Hall–Kier alpha value is -2.49. The Balaban J connectivity index is 0.00000243. The van der Waals surface area contributed by atoms with Crippen molar-refractivity contribution >= 4 is 29.9 Å². The Morgan fingerprint density at radius 2 is 1.81 bits per heavy atom. The number of aromatic amines is 1. The molecule has 3 aromatic rings. The maximum atomic E-state index is 12.9. The monoisotopic (exact) mass is 466 g/mol. The highest BCUT2D eigenvalue weighted by Gasteiger charge is 2.03. The fourth-order valence-corrected chi connectivity index (χ4v) is 2.37. The van der Waals surface area contributed by atoms with Crippen molar-refractivity contribution in [1.29, 1.82) is 0 Å². The first-order valence-electron chi connectivity index (χ1n) is 7.88. The number of aliphatic imine (C=N–C) groups is 1. The molecule has 8 heteroatoms. The molecule has 0 aliphatic rings. The highest BCUT2D eigenvalue weighted by atomic mass is 127. The molecule has 1 aromatic heterocycles. The summed E-state index contributed by atoms with van der Waals surface area (Å²) in [6.07, 6.45) is 1.49. The van der Waals surface area contributed by atoms with Gasteiger partial charge in [-0.3, -0.25) is 10.1 Å². The van der Waals surface area contributed by atoms with Crippen molar-refractivity contribution in [3.8, 4) is 11.4 Å². The second kappa shape index (κ2) is 9.85. The lowest BCUT2D eigenvalue weighted by atomic mass is 10.1. The third-order valence-electron chi connectivity index (χ3n) is 3.67. The number of guanidine groups is 1. The van der Waals surface area contributed by atoms with Crippen LogP contribution in [0.1, 0.15) is 11.1 Å². The molecule has 0 bridgehead atoms. The van der Waals surface area contributed by atoms with Gasteiger partial charge in [-0.1, -0.05) is 30.3 Å². The lowest BCUT2D eigenvalue weighted by Crippen LogP contribution is -2.36.